The highest BCUT2D eigenvalue weighted by molar-refractivity contribution is 5.90. The summed E-state index contributed by atoms with van der Waals surface area (Å²) < 4.78 is 10.8. The van der Waals surface area contributed by atoms with Crippen molar-refractivity contribution in [1.82, 2.24) is 4.90 Å². The molecular formula is C17H26N2O4. The molecule has 1 rings (SSSR count). The van der Waals surface area contributed by atoms with Gasteiger partial charge in [-0.25, -0.2) is 4.79 Å². The molecule has 0 aromatic heterocycles. The lowest BCUT2D eigenvalue weighted by Gasteiger charge is -2.26. The predicted octanol–water partition coefficient (Wildman–Crippen LogP) is 2.70. The third-order valence-electron chi connectivity index (χ3n) is 3.15. The molecule has 0 fully saturated rings. The van der Waals surface area contributed by atoms with Crippen molar-refractivity contribution in [3.63, 3.8) is 0 Å². The zero-order valence-corrected chi connectivity index (χ0v) is 15.0. The molecule has 0 N–H and O–H groups in total. The maximum Gasteiger partial charge on any atom is 0.414 e. The highest BCUT2D eigenvalue weighted by atomic mass is 16.6. The first kappa shape index (κ1) is 18.8. The Hall–Kier alpha value is -2.24. The minimum absolute atomic E-state index is 0.0413. The van der Waals surface area contributed by atoms with Crippen LogP contribution >= 0.6 is 0 Å². The van der Waals surface area contributed by atoms with Gasteiger partial charge in [0.1, 0.15) is 11.4 Å². The number of rotatable bonds is 4. The lowest BCUT2D eigenvalue weighted by atomic mass is 10.1. The van der Waals surface area contributed by atoms with Crippen molar-refractivity contribution in [2.45, 2.75) is 32.8 Å². The van der Waals surface area contributed by atoms with E-state index in [-0.39, 0.29) is 12.3 Å². The van der Waals surface area contributed by atoms with E-state index in [2.05, 4.69) is 0 Å². The Kier molecular flexibility index (Phi) is 6.01. The first-order valence-corrected chi connectivity index (χ1v) is 7.39. The van der Waals surface area contributed by atoms with Crippen molar-refractivity contribution in [3.05, 3.63) is 23.8 Å². The molecule has 6 nitrogen and oxygen atoms in total. The van der Waals surface area contributed by atoms with E-state index in [1.54, 1.807) is 33.3 Å². The molecule has 1 aromatic carbocycles. The summed E-state index contributed by atoms with van der Waals surface area (Å²) in [6, 6.07) is 5.36. The Labute approximate surface area is 138 Å². The second kappa shape index (κ2) is 7.35. The van der Waals surface area contributed by atoms with Gasteiger partial charge in [-0.2, -0.15) is 0 Å². The van der Waals surface area contributed by atoms with E-state index in [1.807, 2.05) is 26.8 Å². The van der Waals surface area contributed by atoms with E-state index < -0.39 is 11.7 Å². The number of anilines is 1. The quantitative estimate of drug-likeness (QED) is 0.855. The number of hydrogen-bond acceptors (Lipinski definition) is 4. The SMILES string of the molecule is COc1c(CC(=O)N(C)C)cccc1N(C)C(=O)OC(C)(C)C. The summed E-state index contributed by atoms with van der Waals surface area (Å²) in [5.74, 6) is 0.455. The van der Waals surface area contributed by atoms with Crippen LogP contribution in [0, 0.1) is 0 Å². The number of hydrogen-bond donors (Lipinski definition) is 0. The molecule has 0 heterocycles. The number of amides is 2. The minimum Gasteiger partial charge on any atom is -0.494 e. The topological polar surface area (TPSA) is 59.1 Å². The fraction of sp³-hybridized carbons (Fsp3) is 0.529. The van der Waals surface area contributed by atoms with Crippen LogP contribution in [0.1, 0.15) is 26.3 Å². The molecule has 0 atom stereocenters. The molecule has 128 valence electrons. The van der Waals surface area contributed by atoms with E-state index in [4.69, 9.17) is 9.47 Å². The average molecular weight is 322 g/mol. The fourth-order valence-corrected chi connectivity index (χ4v) is 1.96. The summed E-state index contributed by atoms with van der Waals surface area (Å²) in [5, 5.41) is 0. The third kappa shape index (κ3) is 5.16. The number of para-hydroxylation sites is 1. The number of benzene rings is 1. The fourth-order valence-electron chi connectivity index (χ4n) is 1.96. The van der Waals surface area contributed by atoms with Crippen LogP contribution < -0.4 is 9.64 Å². The van der Waals surface area contributed by atoms with E-state index in [0.717, 1.165) is 5.56 Å². The number of carbonyl (C=O) groups is 2. The largest absolute Gasteiger partial charge is 0.494 e. The van der Waals surface area contributed by atoms with E-state index in [1.165, 1.54) is 16.9 Å². The van der Waals surface area contributed by atoms with E-state index >= 15 is 0 Å². The van der Waals surface area contributed by atoms with Gasteiger partial charge in [0.2, 0.25) is 5.91 Å². The van der Waals surface area contributed by atoms with Gasteiger partial charge in [0.15, 0.2) is 0 Å². The second-order valence-corrected chi connectivity index (χ2v) is 6.47. The smallest absolute Gasteiger partial charge is 0.414 e. The van der Waals surface area contributed by atoms with Gasteiger partial charge in [0.25, 0.3) is 0 Å². The normalized spacial score (nSPS) is 10.9. The molecule has 0 aliphatic rings. The van der Waals surface area contributed by atoms with Crippen LogP contribution in [0.3, 0.4) is 0 Å². The first-order valence-electron chi connectivity index (χ1n) is 7.39. The van der Waals surface area contributed by atoms with Gasteiger partial charge in [0.05, 0.1) is 19.2 Å². The Morgan fingerprint density at radius 2 is 1.74 bits per heavy atom. The predicted molar refractivity (Wildman–Crippen MR) is 90.0 cm³/mol. The Balaban J connectivity index is 3.12. The standard InChI is InChI=1S/C17H26N2O4/c1-17(2,3)23-16(21)19(6)13-10-8-9-12(15(13)22-7)11-14(20)18(4)5/h8-10H,11H2,1-7H3. The van der Waals surface area contributed by atoms with E-state index in [9.17, 15) is 9.59 Å². The molecule has 1 aromatic rings. The van der Waals surface area contributed by atoms with Crippen molar-refractivity contribution in [3.8, 4) is 5.75 Å². The summed E-state index contributed by atoms with van der Waals surface area (Å²) in [7, 11) is 6.53. The van der Waals surface area contributed by atoms with Gasteiger partial charge in [-0.3, -0.25) is 9.69 Å². The zero-order valence-electron chi connectivity index (χ0n) is 15.0. The molecule has 0 aliphatic carbocycles. The van der Waals surface area contributed by atoms with Crippen molar-refractivity contribution < 1.29 is 19.1 Å². The molecule has 0 aliphatic heterocycles. The highest BCUT2D eigenvalue weighted by Gasteiger charge is 2.24. The maximum atomic E-state index is 12.2. The van der Waals surface area contributed by atoms with Gasteiger partial charge >= 0.3 is 6.09 Å². The van der Waals surface area contributed by atoms with Crippen LogP contribution in [0.5, 0.6) is 5.75 Å². The number of methoxy groups -OCH3 is 1. The molecule has 6 heteroatoms. The van der Waals surface area contributed by atoms with Crippen LogP contribution in [0.4, 0.5) is 10.5 Å². The van der Waals surface area contributed by atoms with Gasteiger partial charge < -0.3 is 14.4 Å². The van der Waals surface area contributed by atoms with Crippen LogP contribution in [-0.4, -0.2) is 50.8 Å². The Morgan fingerprint density at radius 1 is 1.13 bits per heavy atom. The zero-order chi connectivity index (χ0) is 17.8. The molecule has 0 radical (unpaired) electrons. The molecule has 0 saturated carbocycles. The minimum atomic E-state index is -0.586. The summed E-state index contributed by atoms with van der Waals surface area (Å²) in [4.78, 5) is 27.1. The van der Waals surface area contributed by atoms with Crippen LogP contribution in [0.2, 0.25) is 0 Å². The molecule has 0 spiro atoms. The van der Waals surface area contributed by atoms with Gasteiger partial charge in [-0.15, -0.1) is 0 Å². The monoisotopic (exact) mass is 322 g/mol. The van der Waals surface area contributed by atoms with Crippen LogP contribution in [0.15, 0.2) is 18.2 Å². The highest BCUT2D eigenvalue weighted by Crippen LogP contribution is 2.32. The van der Waals surface area contributed by atoms with Crippen molar-refractivity contribution in [2.75, 3.05) is 33.2 Å². The second-order valence-electron chi connectivity index (χ2n) is 6.47. The summed E-state index contributed by atoms with van der Waals surface area (Å²) >= 11 is 0. The van der Waals surface area contributed by atoms with E-state index in [0.29, 0.717) is 11.4 Å². The van der Waals surface area contributed by atoms with Crippen molar-refractivity contribution >= 4 is 17.7 Å². The molecular weight excluding hydrogens is 296 g/mol. The molecule has 2 amide bonds. The van der Waals surface area contributed by atoms with Crippen molar-refractivity contribution in [2.24, 2.45) is 0 Å². The van der Waals surface area contributed by atoms with Crippen LogP contribution in [-0.2, 0) is 16.0 Å². The average Bonchev–Trinajstić information content (AvgIpc) is 2.44. The van der Waals surface area contributed by atoms with Gasteiger partial charge in [-0.1, -0.05) is 12.1 Å². The summed E-state index contributed by atoms with van der Waals surface area (Å²) in [5.41, 5.74) is 0.696. The molecule has 0 unspecified atom stereocenters. The van der Waals surface area contributed by atoms with Gasteiger partial charge in [0, 0.05) is 26.7 Å². The molecule has 0 bridgehead atoms. The number of ether oxygens (including phenoxy) is 2. The number of nitrogens with zero attached hydrogens (tertiary/aromatic N) is 2. The molecule has 0 saturated heterocycles. The first-order chi connectivity index (χ1) is 10.6. The lowest BCUT2D eigenvalue weighted by molar-refractivity contribution is -0.127. The Morgan fingerprint density at radius 3 is 2.22 bits per heavy atom. The lowest BCUT2D eigenvalue weighted by Crippen LogP contribution is -2.34. The maximum absolute atomic E-state index is 12.2. The summed E-state index contributed by atoms with van der Waals surface area (Å²) in [6.07, 6.45) is -0.279. The van der Waals surface area contributed by atoms with Crippen molar-refractivity contribution in [1.29, 1.82) is 0 Å². The number of carbonyl (C=O) groups excluding carboxylic acids is 2. The van der Waals surface area contributed by atoms with Gasteiger partial charge in [-0.05, 0) is 26.8 Å². The van der Waals surface area contributed by atoms with Crippen LogP contribution in [0.25, 0.3) is 0 Å². The molecule has 23 heavy (non-hydrogen) atoms. The summed E-state index contributed by atoms with van der Waals surface area (Å²) in [6.45, 7) is 5.42. The number of likely N-dealkylation sites (N-methyl/N-ethyl adjacent to an activating group) is 1. The Bertz CT molecular complexity index is 576. The third-order valence-corrected chi connectivity index (χ3v) is 3.15.